The Morgan fingerprint density at radius 3 is 2.50 bits per heavy atom. The van der Waals surface area contributed by atoms with E-state index in [1.165, 1.54) is 38.9 Å². The van der Waals surface area contributed by atoms with Crippen molar-refractivity contribution in [3.05, 3.63) is 0 Å². The molecule has 1 fully saturated rings. The maximum absolute atomic E-state index is 8.64. The van der Waals surface area contributed by atoms with Gasteiger partial charge >= 0.3 is 0 Å². The summed E-state index contributed by atoms with van der Waals surface area (Å²) in [5, 5.41) is 8.64. The second-order valence-corrected chi connectivity index (χ2v) is 4.06. The van der Waals surface area contributed by atoms with E-state index in [-0.39, 0.29) is 0 Å². The molecule has 3 heteroatoms. The lowest BCUT2D eigenvalue weighted by molar-refractivity contribution is 0.0406. The van der Waals surface area contributed by atoms with E-state index in [0.717, 1.165) is 12.8 Å². The second-order valence-electron chi connectivity index (χ2n) is 4.06. The van der Waals surface area contributed by atoms with E-state index < -0.39 is 0 Å². The van der Waals surface area contributed by atoms with Crippen LogP contribution in [-0.2, 0) is 4.74 Å². The fourth-order valence-corrected chi connectivity index (χ4v) is 1.99. The van der Waals surface area contributed by atoms with Gasteiger partial charge in [0.25, 0.3) is 0 Å². The highest BCUT2D eigenvalue weighted by atomic mass is 16.5. The molecule has 0 bridgehead atoms. The van der Waals surface area contributed by atoms with E-state index in [0.29, 0.717) is 12.7 Å². The third kappa shape index (κ3) is 4.40. The molecule has 0 spiro atoms. The largest absolute Gasteiger partial charge is 0.396 e. The van der Waals surface area contributed by atoms with Gasteiger partial charge < -0.3 is 14.7 Å². The monoisotopic (exact) mass is 201 g/mol. The lowest BCUT2D eigenvalue weighted by Gasteiger charge is -2.31. The van der Waals surface area contributed by atoms with Crippen molar-refractivity contribution >= 4 is 0 Å². The number of hydrogen-bond acceptors (Lipinski definition) is 3. The van der Waals surface area contributed by atoms with Crippen LogP contribution in [0, 0.1) is 0 Å². The van der Waals surface area contributed by atoms with E-state index in [2.05, 4.69) is 4.90 Å². The summed E-state index contributed by atoms with van der Waals surface area (Å²) in [6.07, 6.45) is 6.17. The topological polar surface area (TPSA) is 32.7 Å². The summed E-state index contributed by atoms with van der Waals surface area (Å²) in [4.78, 5) is 2.51. The molecule has 0 aromatic rings. The first-order valence-electron chi connectivity index (χ1n) is 5.73. The first-order valence-corrected chi connectivity index (χ1v) is 5.73. The third-order valence-corrected chi connectivity index (χ3v) is 3.00. The third-order valence-electron chi connectivity index (χ3n) is 3.00. The summed E-state index contributed by atoms with van der Waals surface area (Å²) in [7, 11) is 1.81. The van der Waals surface area contributed by atoms with Gasteiger partial charge in [-0.15, -0.1) is 0 Å². The van der Waals surface area contributed by atoms with Crippen LogP contribution in [0.2, 0.25) is 0 Å². The van der Waals surface area contributed by atoms with Crippen molar-refractivity contribution in [3.63, 3.8) is 0 Å². The first kappa shape index (κ1) is 12.0. The summed E-state index contributed by atoms with van der Waals surface area (Å²) in [6, 6.07) is 0. The molecular weight excluding hydrogens is 178 g/mol. The molecule has 1 heterocycles. The molecule has 0 radical (unpaired) electrons. The van der Waals surface area contributed by atoms with Crippen LogP contribution in [0.1, 0.15) is 32.1 Å². The van der Waals surface area contributed by atoms with Gasteiger partial charge in [-0.2, -0.15) is 0 Å². The van der Waals surface area contributed by atoms with Crippen LogP contribution in [0.15, 0.2) is 0 Å². The predicted molar refractivity (Wildman–Crippen MR) is 57.4 cm³/mol. The summed E-state index contributed by atoms with van der Waals surface area (Å²) >= 11 is 0. The van der Waals surface area contributed by atoms with Crippen LogP contribution in [0.4, 0.5) is 0 Å². The minimum Gasteiger partial charge on any atom is -0.396 e. The molecule has 14 heavy (non-hydrogen) atoms. The Hall–Kier alpha value is -0.120. The van der Waals surface area contributed by atoms with Gasteiger partial charge in [0, 0.05) is 26.8 Å². The minimum absolute atomic E-state index is 0.339. The highest BCUT2D eigenvalue weighted by Crippen LogP contribution is 2.13. The van der Waals surface area contributed by atoms with Gasteiger partial charge in [0.15, 0.2) is 0 Å². The van der Waals surface area contributed by atoms with Gasteiger partial charge in [0.1, 0.15) is 0 Å². The highest BCUT2D eigenvalue weighted by Gasteiger charge is 2.17. The van der Waals surface area contributed by atoms with Crippen molar-refractivity contribution in [2.45, 2.75) is 38.2 Å². The summed E-state index contributed by atoms with van der Waals surface area (Å²) in [5.41, 5.74) is 0. The molecule has 84 valence electrons. The van der Waals surface area contributed by atoms with Crippen molar-refractivity contribution in [3.8, 4) is 0 Å². The molecular formula is C11H23NO2. The Morgan fingerprint density at radius 2 is 1.93 bits per heavy atom. The van der Waals surface area contributed by atoms with Gasteiger partial charge in [-0.05, 0) is 38.6 Å². The van der Waals surface area contributed by atoms with Gasteiger partial charge in [-0.1, -0.05) is 0 Å². The normalized spacial score (nSPS) is 20.1. The standard InChI is InChI=1S/C11H23NO2/c1-14-11-5-8-12(9-6-11)7-3-2-4-10-13/h11,13H,2-10H2,1H3. The Labute approximate surface area is 87.1 Å². The van der Waals surface area contributed by atoms with Gasteiger partial charge in [-0.25, -0.2) is 0 Å². The number of unbranched alkanes of at least 4 members (excludes halogenated alkanes) is 2. The number of methoxy groups -OCH3 is 1. The first-order chi connectivity index (χ1) is 6.86. The zero-order valence-electron chi connectivity index (χ0n) is 9.24. The fraction of sp³-hybridized carbons (Fsp3) is 1.00. The number of rotatable bonds is 6. The number of aliphatic hydroxyl groups excluding tert-OH is 1. The maximum atomic E-state index is 8.64. The molecule has 0 unspecified atom stereocenters. The number of nitrogens with zero attached hydrogens (tertiary/aromatic N) is 1. The average molecular weight is 201 g/mol. The number of piperidine rings is 1. The highest BCUT2D eigenvalue weighted by molar-refractivity contribution is 4.71. The van der Waals surface area contributed by atoms with E-state index in [9.17, 15) is 0 Å². The van der Waals surface area contributed by atoms with Crippen LogP contribution in [0.25, 0.3) is 0 Å². The lowest BCUT2D eigenvalue weighted by Crippen LogP contribution is -2.37. The Balaban J connectivity index is 1.98. The molecule has 1 saturated heterocycles. The van der Waals surface area contributed by atoms with Gasteiger partial charge in [0.05, 0.1) is 6.10 Å². The van der Waals surface area contributed by atoms with Crippen LogP contribution in [-0.4, -0.2) is 49.5 Å². The molecule has 1 rings (SSSR count). The summed E-state index contributed by atoms with van der Waals surface area (Å²) in [5.74, 6) is 0. The fourth-order valence-electron chi connectivity index (χ4n) is 1.99. The Kier molecular flexibility index (Phi) is 6.15. The molecule has 0 amide bonds. The van der Waals surface area contributed by atoms with Crippen molar-refractivity contribution in [1.82, 2.24) is 4.90 Å². The predicted octanol–water partition coefficient (Wildman–Crippen LogP) is 1.26. The smallest absolute Gasteiger partial charge is 0.0595 e. The maximum Gasteiger partial charge on any atom is 0.0595 e. The van der Waals surface area contributed by atoms with Crippen molar-refractivity contribution in [2.24, 2.45) is 0 Å². The lowest BCUT2D eigenvalue weighted by atomic mass is 10.1. The SMILES string of the molecule is COC1CCN(CCCCCO)CC1. The number of hydrogen-bond donors (Lipinski definition) is 1. The number of likely N-dealkylation sites (tertiary alicyclic amines) is 1. The van der Waals surface area contributed by atoms with E-state index in [4.69, 9.17) is 9.84 Å². The zero-order valence-corrected chi connectivity index (χ0v) is 9.24. The summed E-state index contributed by atoms with van der Waals surface area (Å²) in [6.45, 7) is 3.89. The van der Waals surface area contributed by atoms with Crippen LogP contribution >= 0.6 is 0 Å². The van der Waals surface area contributed by atoms with E-state index in [1.54, 1.807) is 0 Å². The van der Waals surface area contributed by atoms with Crippen LogP contribution in [0.3, 0.4) is 0 Å². The van der Waals surface area contributed by atoms with E-state index >= 15 is 0 Å². The average Bonchev–Trinajstić information content (AvgIpc) is 2.25. The summed E-state index contributed by atoms with van der Waals surface area (Å²) < 4.78 is 5.32. The van der Waals surface area contributed by atoms with E-state index in [1.807, 2.05) is 7.11 Å². The van der Waals surface area contributed by atoms with Crippen LogP contribution < -0.4 is 0 Å². The van der Waals surface area contributed by atoms with Crippen molar-refractivity contribution in [1.29, 1.82) is 0 Å². The van der Waals surface area contributed by atoms with Gasteiger partial charge in [-0.3, -0.25) is 0 Å². The molecule has 1 N–H and O–H groups in total. The Morgan fingerprint density at radius 1 is 1.21 bits per heavy atom. The zero-order chi connectivity index (χ0) is 10.2. The molecule has 1 aliphatic rings. The molecule has 0 saturated carbocycles. The molecule has 0 aromatic carbocycles. The van der Waals surface area contributed by atoms with Gasteiger partial charge in [0.2, 0.25) is 0 Å². The quantitative estimate of drug-likeness (QED) is 0.657. The molecule has 0 aliphatic carbocycles. The van der Waals surface area contributed by atoms with Crippen molar-refractivity contribution in [2.75, 3.05) is 33.4 Å². The van der Waals surface area contributed by atoms with Crippen LogP contribution in [0.5, 0.6) is 0 Å². The molecule has 0 atom stereocenters. The molecule has 1 aliphatic heterocycles. The molecule has 0 aromatic heterocycles. The number of aliphatic hydroxyl groups is 1. The second kappa shape index (κ2) is 7.21. The minimum atomic E-state index is 0.339. The van der Waals surface area contributed by atoms with Crippen molar-refractivity contribution < 1.29 is 9.84 Å². The number of ether oxygens (including phenoxy) is 1. The Bertz CT molecular complexity index is 133. The molecule has 3 nitrogen and oxygen atoms in total.